The van der Waals surface area contributed by atoms with Crippen LogP contribution in [-0.2, 0) is 0 Å². The topological polar surface area (TPSA) is 37.4 Å². The third-order valence-corrected chi connectivity index (χ3v) is 5.08. The van der Waals surface area contributed by atoms with Crippen LogP contribution in [0.2, 0.25) is 0 Å². The number of amides is 2. The van der Waals surface area contributed by atoms with E-state index in [1.165, 1.54) is 9.80 Å². The molecule has 0 atom stereocenters. The summed E-state index contributed by atoms with van der Waals surface area (Å²) in [6.45, 7) is 0. The van der Waals surface area contributed by atoms with Crippen LogP contribution < -0.4 is 4.90 Å². The third-order valence-electron chi connectivity index (χ3n) is 4.34. The van der Waals surface area contributed by atoms with Crippen LogP contribution in [0, 0.1) is 0 Å². The van der Waals surface area contributed by atoms with Crippen molar-refractivity contribution in [2.24, 2.45) is 0 Å². The minimum Gasteiger partial charge on any atom is -0.268 e. The molecule has 25 heavy (non-hydrogen) atoms. The second kappa shape index (κ2) is 6.22. The molecule has 2 amide bonds. The molecule has 0 fully saturated rings. The van der Waals surface area contributed by atoms with E-state index in [0.29, 0.717) is 16.8 Å². The van der Waals surface area contributed by atoms with Crippen LogP contribution in [0.5, 0.6) is 0 Å². The average Bonchev–Trinajstić information content (AvgIpc) is 2.93. The maximum absolute atomic E-state index is 12.8. The van der Waals surface area contributed by atoms with Crippen molar-refractivity contribution in [2.75, 3.05) is 11.2 Å². The van der Waals surface area contributed by atoms with Crippen LogP contribution in [0.25, 0.3) is 11.1 Å². The van der Waals surface area contributed by atoms with Crippen molar-refractivity contribution in [3.8, 4) is 11.1 Å². The molecule has 4 rings (SSSR count). The normalized spacial score (nSPS) is 13.2. The summed E-state index contributed by atoms with van der Waals surface area (Å²) in [5.74, 6) is -0.539. The van der Waals surface area contributed by atoms with Gasteiger partial charge in [-0.2, -0.15) is 0 Å². The van der Waals surface area contributed by atoms with Gasteiger partial charge in [0.25, 0.3) is 11.8 Å². The SMILES string of the molecule is CSc1ccc(-c2ccccc2N2C(=O)c3ccccc3C2=O)cc1. The Bertz CT molecular complexity index is 944. The van der Waals surface area contributed by atoms with E-state index < -0.39 is 0 Å². The number of imide groups is 1. The Hall–Kier alpha value is -2.85. The van der Waals surface area contributed by atoms with Crippen molar-refractivity contribution < 1.29 is 9.59 Å². The number of rotatable bonds is 3. The molecule has 3 nitrogen and oxygen atoms in total. The summed E-state index contributed by atoms with van der Waals surface area (Å²) in [5.41, 5.74) is 3.38. The lowest BCUT2D eigenvalue weighted by Gasteiger charge is -2.18. The Morgan fingerprint density at radius 3 is 1.76 bits per heavy atom. The smallest absolute Gasteiger partial charge is 0.266 e. The summed E-state index contributed by atoms with van der Waals surface area (Å²) in [4.78, 5) is 28.0. The van der Waals surface area contributed by atoms with Crippen molar-refractivity contribution in [3.63, 3.8) is 0 Å². The summed E-state index contributed by atoms with van der Waals surface area (Å²) >= 11 is 1.68. The molecule has 0 aliphatic carbocycles. The number of para-hydroxylation sites is 1. The van der Waals surface area contributed by atoms with E-state index >= 15 is 0 Å². The highest BCUT2D eigenvalue weighted by molar-refractivity contribution is 7.98. The van der Waals surface area contributed by atoms with Gasteiger partial charge >= 0.3 is 0 Å². The summed E-state index contributed by atoms with van der Waals surface area (Å²) in [6.07, 6.45) is 2.03. The van der Waals surface area contributed by atoms with Gasteiger partial charge < -0.3 is 0 Å². The maximum Gasteiger partial charge on any atom is 0.266 e. The minimum atomic E-state index is -0.270. The Morgan fingerprint density at radius 1 is 0.680 bits per heavy atom. The van der Waals surface area contributed by atoms with Gasteiger partial charge in [0.1, 0.15) is 0 Å². The Kier molecular flexibility index (Phi) is 3.90. The van der Waals surface area contributed by atoms with Crippen LogP contribution in [0.15, 0.2) is 77.7 Å². The Balaban J connectivity index is 1.82. The van der Waals surface area contributed by atoms with Crippen molar-refractivity contribution in [1.29, 1.82) is 0 Å². The summed E-state index contributed by atoms with van der Waals surface area (Å²) < 4.78 is 0. The predicted octanol–water partition coefficient (Wildman–Crippen LogP) is 4.88. The Labute approximate surface area is 150 Å². The summed E-state index contributed by atoms with van der Waals surface area (Å²) in [7, 11) is 0. The molecular formula is C21H15NO2S. The number of fused-ring (bicyclic) bond motifs is 1. The first kappa shape index (κ1) is 15.7. The number of benzene rings is 3. The van der Waals surface area contributed by atoms with Crippen LogP contribution in [0.3, 0.4) is 0 Å². The largest absolute Gasteiger partial charge is 0.268 e. The van der Waals surface area contributed by atoms with Gasteiger partial charge in [0, 0.05) is 10.5 Å². The second-order valence-corrected chi connectivity index (χ2v) is 6.62. The molecule has 0 unspecified atom stereocenters. The molecule has 3 aromatic rings. The molecule has 122 valence electrons. The molecule has 0 saturated carbocycles. The number of hydrogen-bond donors (Lipinski definition) is 0. The number of nitrogens with zero attached hydrogens (tertiary/aromatic N) is 1. The van der Waals surface area contributed by atoms with Gasteiger partial charge in [0.05, 0.1) is 16.8 Å². The van der Waals surface area contributed by atoms with E-state index in [4.69, 9.17) is 0 Å². The molecular weight excluding hydrogens is 330 g/mol. The molecule has 0 spiro atoms. The zero-order chi connectivity index (χ0) is 17.4. The molecule has 1 aliphatic rings. The second-order valence-electron chi connectivity index (χ2n) is 5.74. The number of hydrogen-bond acceptors (Lipinski definition) is 3. The first-order valence-electron chi connectivity index (χ1n) is 7.92. The monoisotopic (exact) mass is 345 g/mol. The molecule has 4 heteroatoms. The molecule has 0 radical (unpaired) electrons. The molecule has 0 N–H and O–H groups in total. The minimum absolute atomic E-state index is 0.270. The molecule has 1 heterocycles. The molecule has 1 aliphatic heterocycles. The third kappa shape index (κ3) is 2.55. The van der Waals surface area contributed by atoms with E-state index in [2.05, 4.69) is 0 Å². The fraction of sp³-hybridized carbons (Fsp3) is 0.0476. The van der Waals surface area contributed by atoms with Crippen LogP contribution >= 0.6 is 11.8 Å². The summed E-state index contributed by atoms with van der Waals surface area (Å²) in [5, 5.41) is 0. The van der Waals surface area contributed by atoms with Gasteiger partial charge in [-0.05, 0) is 42.2 Å². The van der Waals surface area contributed by atoms with Crippen molar-refractivity contribution in [1.82, 2.24) is 0 Å². The van der Waals surface area contributed by atoms with E-state index in [9.17, 15) is 9.59 Å². The van der Waals surface area contributed by atoms with E-state index in [-0.39, 0.29) is 11.8 Å². The Morgan fingerprint density at radius 2 is 1.20 bits per heavy atom. The van der Waals surface area contributed by atoms with Crippen molar-refractivity contribution >= 4 is 29.3 Å². The zero-order valence-corrected chi connectivity index (χ0v) is 14.4. The molecule has 3 aromatic carbocycles. The van der Waals surface area contributed by atoms with Gasteiger partial charge in [-0.25, -0.2) is 4.90 Å². The highest BCUT2D eigenvalue weighted by Crippen LogP contribution is 2.36. The zero-order valence-electron chi connectivity index (χ0n) is 13.6. The maximum atomic E-state index is 12.8. The average molecular weight is 345 g/mol. The lowest BCUT2D eigenvalue weighted by Crippen LogP contribution is -2.29. The van der Waals surface area contributed by atoms with Crippen molar-refractivity contribution in [2.45, 2.75) is 4.90 Å². The molecule has 0 saturated heterocycles. The highest BCUT2D eigenvalue weighted by Gasteiger charge is 2.37. The molecule has 0 bridgehead atoms. The quantitative estimate of drug-likeness (QED) is 0.502. The van der Waals surface area contributed by atoms with Crippen LogP contribution in [0.4, 0.5) is 5.69 Å². The first-order chi connectivity index (χ1) is 12.2. The van der Waals surface area contributed by atoms with E-state index in [0.717, 1.165) is 11.1 Å². The van der Waals surface area contributed by atoms with Crippen LogP contribution in [-0.4, -0.2) is 18.1 Å². The highest BCUT2D eigenvalue weighted by atomic mass is 32.2. The van der Waals surface area contributed by atoms with E-state index in [1.807, 2.05) is 54.8 Å². The van der Waals surface area contributed by atoms with Gasteiger partial charge in [0.2, 0.25) is 0 Å². The number of carbonyl (C=O) groups is 2. The number of anilines is 1. The van der Waals surface area contributed by atoms with Gasteiger partial charge in [0.15, 0.2) is 0 Å². The van der Waals surface area contributed by atoms with Crippen LogP contribution in [0.1, 0.15) is 20.7 Å². The standard InChI is InChI=1S/C21H15NO2S/c1-25-15-12-10-14(11-13-15)16-6-4-5-9-19(16)22-20(23)17-7-2-3-8-18(17)21(22)24/h2-13H,1H3. The lowest BCUT2D eigenvalue weighted by atomic mass is 10.0. The molecule has 0 aromatic heterocycles. The first-order valence-corrected chi connectivity index (χ1v) is 9.14. The predicted molar refractivity (Wildman–Crippen MR) is 101 cm³/mol. The number of carbonyl (C=O) groups excluding carboxylic acids is 2. The van der Waals surface area contributed by atoms with E-state index in [1.54, 1.807) is 36.0 Å². The fourth-order valence-corrected chi connectivity index (χ4v) is 3.50. The van der Waals surface area contributed by atoms with Gasteiger partial charge in [-0.1, -0.05) is 42.5 Å². The summed E-state index contributed by atoms with van der Waals surface area (Å²) in [6, 6.07) is 22.6. The number of thioether (sulfide) groups is 1. The fourth-order valence-electron chi connectivity index (χ4n) is 3.09. The van der Waals surface area contributed by atoms with Gasteiger partial charge in [-0.15, -0.1) is 11.8 Å². The lowest BCUT2D eigenvalue weighted by molar-refractivity contribution is 0.0926. The van der Waals surface area contributed by atoms with Crippen molar-refractivity contribution in [3.05, 3.63) is 83.9 Å². The van der Waals surface area contributed by atoms with Gasteiger partial charge in [-0.3, -0.25) is 9.59 Å².